The van der Waals surface area contributed by atoms with Crippen molar-refractivity contribution in [2.24, 2.45) is 10.7 Å². The number of rotatable bonds is 6. The molecular weight excluding hydrogens is 539 g/mol. The topological polar surface area (TPSA) is 63.3 Å². The highest BCUT2D eigenvalue weighted by Gasteiger charge is 2.18. The van der Waals surface area contributed by atoms with Crippen LogP contribution in [0, 0.1) is 0 Å². The number of ether oxygens (including phenoxy) is 2. The van der Waals surface area contributed by atoms with Crippen molar-refractivity contribution in [2.45, 2.75) is 32.1 Å². The third kappa shape index (κ3) is 7.23. The van der Waals surface area contributed by atoms with E-state index in [0.717, 1.165) is 62.8 Å². The molecule has 2 aliphatic heterocycles. The summed E-state index contributed by atoms with van der Waals surface area (Å²) in [4.78, 5) is 9.15. The van der Waals surface area contributed by atoms with Crippen LogP contribution in [0.2, 0.25) is 5.02 Å². The molecule has 0 bridgehead atoms. The summed E-state index contributed by atoms with van der Waals surface area (Å²) < 4.78 is 11.4. The normalized spacial score (nSPS) is 17.8. The van der Waals surface area contributed by atoms with Crippen LogP contribution < -0.4 is 10.6 Å². The Hall–Kier alpha value is -1.55. The van der Waals surface area contributed by atoms with Gasteiger partial charge in [-0.2, -0.15) is 0 Å². The minimum Gasteiger partial charge on any atom is -0.381 e. The third-order valence-corrected chi connectivity index (χ3v) is 6.12. The summed E-state index contributed by atoms with van der Waals surface area (Å²) in [5.74, 6) is 0.611. The summed E-state index contributed by atoms with van der Waals surface area (Å²) in [6, 6.07) is 16.4. The molecule has 0 aromatic heterocycles. The highest BCUT2D eigenvalue weighted by atomic mass is 127. The Morgan fingerprint density at radius 2 is 1.72 bits per heavy atom. The molecule has 0 amide bonds. The molecule has 2 N–H and O–H groups in total. The number of anilines is 1. The van der Waals surface area contributed by atoms with Gasteiger partial charge in [0.05, 0.1) is 19.3 Å². The molecule has 2 fully saturated rings. The molecule has 174 valence electrons. The Kier molecular flexibility index (Phi) is 9.90. The van der Waals surface area contributed by atoms with Gasteiger partial charge in [-0.15, -0.1) is 24.0 Å². The maximum Gasteiger partial charge on any atom is 0.191 e. The van der Waals surface area contributed by atoms with Gasteiger partial charge in [0.1, 0.15) is 0 Å². The number of nitrogens with zero attached hydrogens (tertiary/aromatic N) is 3. The summed E-state index contributed by atoms with van der Waals surface area (Å²) in [7, 11) is 0. The van der Waals surface area contributed by atoms with E-state index in [1.165, 1.54) is 11.3 Å². The molecule has 0 unspecified atom stereocenters. The third-order valence-electron chi connectivity index (χ3n) is 5.86. The van der Waals surface area contributed by atoms with Gasteiger partial charge in [-0.25, -0.2) is 4.99 Å². The van der Waals surface area contributed by atoms with E-state index in [0.29, 0.717) is 25.2 Å². The zero-order chi connectivity index (χ0) is 21.5. The molecule has 2 saturated heterocycles. The predicted octanol–water partition coefficient (Wildman–Crippen LogP) is 4.29. The highest BCUT2D eigenvalue weighted by Crippen LogP contribution is 2.19. The van der Waals surface area contributed by atoms with E-state index in [1.54, 1.807) is 0 Å². The molecule has 32 heavy (non-hydrogen) atoms. The van der Waals surface area contributed by atoms with Crippen LogP contribution in [0.4, 0.5) is 5.69 Å². The Bertz CT molecular complexity index is 867. The van der Waals surface area contributed by atoms with E-state index in [4.69, 9.17) is 26.8 Å². The van der Waals surface area contributed by atoms with Crippen molar-refractivity contribution in [1.29, 1.82) is 0 Å². The molecule has 8 heteroatoms. The van der Waals surface area contributed by atoms with Crippen molar-refractivity contribution in [2.75, 3.05) is 44.3 Å². The SMILES string of the molecule is I.NC(=NCc1cccc(COC2CCOCC2)c1)N1CCN(c2ccc(Cl)cc2)CC1. The fraction of sp³-hybridized carbons (Fsp3) is 0.458. The van der Waals surface area contributed by atoms with Crippen molar-refractivity contribution in [3.63, 3.8) is 0 Å². The fourth-order valence-electron chi connectivity index (χ4n) is 3.99. The first-order chi connectivity index (χ1) is 15.2. The Morgan fingerprint density at radius 3 is 2.44 bits per heavy atom. The lowest BCUT2D eigenvalue weighted by molar-refractivity contribution is -0.0390. The number of piperazine rings is 1. The molecule has 0 spiro atoms. The second kappa shape index (κ2) is 12.6. The van der Waals surface area contributed by atoms with E-state index in [1.807, 2.05) is 12.1 Å². The quantitative estimate of drug-likeness (QED) is 0.319. The van der Waals surface area contributed by atoms with Gasteiger partial charge in [0.25, 0.3) is 0 Å². The van der Waals surface area contributed by atoms with Gasteiger partial charge in [0.2, 0.25) is 0 Å². The minimum atomic E-state index is 0. The molecule has 2 heterocycles. The molecule has 2 aliphatic rings. The van der Waals surface area contributed by atoms with E-state index >= 15 is 0 Å². The lowest BCUT2D eigenvalue weighted by atomic mass is 10.1. The lowest BCUT2D eigenvalue weighted by Gasteiger charge is -2.36. The van der Waals surface area contributed by atoms with Crippen LogP contribution >= 0.6 is 35.6 Å². The van der Waals surface area contributed by atoms with Crippen LogP contribution in [-0.4, -0.2) is 56.4 Å². The molecule has 0 atom stereocenters. The van der Waals surface area contributed by atoms with E-state index in [9.17, 15) is 0 Å². The Balaban J connectivity index is 0.00000289. The first-order valence-electron chi connectivity index (χ1n) is 11.0. The summed E-state index contributed by atoms with van der Waals surface area (Å²) in [5.41, 5.74) is 9.82. The van der Waals surface area contributed by atoms with Crippen molar-refractivity contribution >= 4 is 47.2 Å². The summed E-state index contributed by atoms with van der Waals surface area (Å²) in [5, 5.41) is 0.762. The van der Waals surface area contributed by atoms with Gasteiger partial charge >= 0.3 is 0 Å². The standard InChI is InChI=1S/C24H31ClN4O2.HI/c25-21-4-6-22(7-5-21)28-10-12-29(13-11-28)24(26)27-17-19-2-1-3-20(16-19)18-31-23-8-14-30-15-9-23;/h1-7,16,23H,8-15,17-18H2,(H2,26,27);1H. The van der Waals surface area contributed by atoms with Crippen molar-refractivity contribution in [1.82, 2.24) is 4.90 Å². The van der Waals surface area contributed by atoms with Crippen molar-refractivity contribution in [3.05, 3.63) is 64.7 Å². The maximum atomic E-state index is 6.30. The Morgan fingerprint density at radius 1 is 1.03 bits per heavy atom. The minimum absolute atomic E-state index is 0. The monoisotopic (exact) mass is 570 g/mol. The second-order valence-electron chi connectivity index (χ2n) is 8.07. The van der Waals surface area contributed by atoms with E-state index in [-0.39, 0.29) is 24.0 Å². The zero-order valence-electron chi connectivity index (χ0n) is 18.3. The number of benzene rings is 2. The number of hydrogen-bond acceptors (Lipinski definition) is 4. The first kappa shape index (κ1) is 25.1. The molecule has 4 rings (SSSR count). The second-order valence-corrected chi connectivity index (χ2v) is 8.50. The van der Waals surface area contributed by atoms with Gasteiger partial charge in [-0.3, -0.25) is 0 Å². The summed E-state index contributed by atoms with van der Waals surface area (Å²) in [6.45, 7) is 6.35. The fourth-order valence-corrected chi connectivity index (χ4v) is 4.12. The molecule has 6 nitrogen and oxygen atoms in total. The van der Waals surface area contributed by atoms with Crippen LogP contribution in [0.3, 0.4) is 0 Å². The number of hydrogen-bond donors (Lipinski definition) is 1. The molecule has 0 saturated carbocycles. The van der Waals surface area contributed by atoms with Crippen molar-refractivity contribution in [3.8, 4) is 0 Å². The van der Waals surface area contributed by atoms with Crippen LogP contribution in [0.5, 0.6) is 0 Å². The molecule has 2 aromatic carbocycles. The van der Waals surface area contributed by atoms with E-state index < -0.39 is 0 Å². The number of halogens is 2. The van der Waals surface area contributed by atoms with E-state index in [2.05, 4.69) is 51.2 Å². The lowest BCUT2D eigenvalue weighted by Crippen LogP contribution is -2.51. The largest absolute Gasteiger partial charge is 0.381 e. The smallest absolute Gasteiger partial charge is 0.191 e. The predicted molar refractivity (Wildman–Crippen MR) is 141 cm³/mol. The summed E-state index contributed by atoms with van der Waals surface area (Å²) >= 11 is 5.99. The van der Waals surface area contributed by atoms with Crippen LogP contribution in [0.25, 0.3) is 0 Å². The van der Waals surface area contributed by atoms with Gasteiger partial charge in [0.15, 0.2) is 5.96 Å². The highest BCUT2D eigenvalue weighted by molar-refractivity contribution is 14.0. The molecule has 0 aliphatic carbocycles. The van der Waals surface area contributed by atoms with Gasteiger partial charge in [-0.05, 0) is 48.2 Å². The Labute approximate surface area is 212 Å². The molecular formula is C24H32ClIN4O2. The summed E-state index contributed by atoms with van der Waals surface area (Å²) in [6.07, 6.45) is 2.26. The van der Waals surface area contributed by atoms with Crippen LogP contribution in [0.1, 0.15) is 24.0 Å². The number of guanidine groups is 1. The first-order valence-corrected chi connectivity index (χ1v) is 11.4. The number of nitrogens with two attached hydrogens (primary N) is 1. The number of aliphatic imine (C=N–C) groups is 1. The van der Waals surface area contributed by atoms with Crippen molar-refractivity contribution < 1.29 is 9.47 Å². The zero-order valence-corrected chi connectivity index (χ0v) is 21.4. The molecule has 0 radical (unpaired) electrons. The average Bonchev–Trinajstić information content (AvgIpc) is 2.83. The van der Waals surface area contributed by atoms with Gasteiger partial charge < -0.3 is 25.0 Å². The van der Waals surface area contributed by atoms with Gasteiger partial charge in [-0.1, -0.05) is 35.9 Å². The van der Waals surface area contributed by atoms with Crippen LogP contribution in [-0.2, 0) is 22.6 Å². The average molecular weight is 571 g/mol. The van der Waals surface area contributed by atoms with Crippen LogP contribution in [0.15, 0.2) is 53.5 Å². The maximum absolute atomic E-state index is 6.30. The molecule has 2 aromatic rings. The van der Waals surface area contributed by atoms with Gasteiger partial charge in [0, 0.05) is 50.1 Å².